The van der Waals surface area contributed by atoms with Crippen LogP contribution < -0.4 is 10.2 Å². The number of rotatable bonds is 3. The van der Waals surface area contributed by atoms with E-state index in [9.17, 15) is 4.79 Å². The monoisotopic (exact) mass is 259 g/mol. The molecule has 0 fully saturated rings. The second-order valence-corrected chi connectivity index (χ2v) is 3.34. The van der Waals surface area contributed by atoms with Gasteiger partial charge in [-0.15, -0.1) is 0 Å². The Bertz CT molecular complexity index is 341. The van der Waals surface area contributed by atoms with E-state index in [-0.39, 0.29) is 5.91 Å². The lowest BCUT2D eigenvalue weighted by molar-refractivity contribution is 0.0537. The summed E-state index contributed by atoms with van der Waals surface area (Å²) in [7, 11) is 2.95. The van der Waals surface area contributed by atoms with Gasteiger partial charge in [-0.05, 0) is 34.1 Å². The molecule has 5 heteroatoms. The third kappa shape index (κ3) is 2.46. The molecule has 0 atom stereocenters. The minimum atomic E-state index is -0.296. The van der Waals surface area contributed by atoms with Gasteiger partial charge in [0.25, 0.3) is 5.91 Å². The molecule has 0 aliphatic heterocycles. The van der Waals surface area contributed by atoms with Gasteiger partial charge in [0.2, 0.25) is 0 Å². The third-order valence-corrected chi connectivity index (χ3v) is 2.23. The highest BCUT2D eigenvalue weighted by Crippen LogP contribution is 2.25. The van der Waals surface area contributed by atoms with Gasteiger partial charge in [-0.3, -0.25) is 9.63 Å². The molecular formula is C9H10BrNO3. The summed E-state index contributed by atoms with van der Waals surface area (Å²) >= 11 is 3.28. The second-order valence-electron chi connectivity index (χ2n) is 2.48. The lowest BCUT2D eigenvalue weighted by atomic mass is 10.2. The Balaban J connectivity index is 2.91. The number of ether oxygens (including phenoxy) is 1. The molecule has 1 aromatic rings. The van der Waals surface area contributed by atoms with E-state index in [1.807, 2.05) is 0 Å². The Morgan fingerprint density at radius 1 is 1.43 bits per heavy atom. The zero-order valence-electron chi connectivity index (χ0n) is 7.83. The molecule has 0 unspecified atom stereocenters. The maximum Gasteiger partial charge on any atom is 0.274 e. The molecule has 0 aromatic heterocycles. The molecule has 4 nitrogen and oxygen atoms in total. The zero-order chi connectivity index (χ0) is 10.6. The number of carbonyl (C=O) groups excluding carboxylic acids is 1. The van der Waals surface area contributed by atoms with Crippen LogP contribution in [0, 0.1) is 0 Å². The van der Waals surface area contributed by atoms with Crippen LogP contribution in [0.1, 0.15) is 10.4 Å². The van der Waals surface area contributed by atoms with Crippen LogP contribution in [-0.4, -0.2) is 20.1 Å². The van der Waals surface area contributed by atoms with E-state index in [0.29, 0.717) is 11.3 Å². The Kier molecular flexibility index (Phi) is 3.91. The van der Waals surface area contributed by atoms with Crippen molar-refractivity contribution in [1.29, 1.82) is 0 Å². The molecule has 0 saturated heterocycles. The van der Waals surface area contributed by atoms with Crippen molar-refractivity contribution >= 4 is 21.8 Å². The molecule has 1 aromatic carbocycles. The highest BCUT2D eigenvalue weighted by Gasteiger charge is 2.07. The van der Waals surface area contributed by atoms with Crippen molar-refractivity contribution in [3.8, 4) is 5.75 Å². The van der Waals surface area contributed by atoms with E-state index in [2.05, 4.69) is 26.2 Å². The van der Waals surface area contributed by atoms with Crippen molar-refractivity contribution in [1.82, 2.24) is 5.48 Å². The third-order valence-electron chi connectivity index (χ3n) is 1.61. The summed E-state index contributed by atoms with van der Waals surface area (Å²) < 4.78 is 5.76. The maximum atomic E-state index is 11.3. The fraction of sp³-hybridized carbons (Fsp3) is 0.222. The zero-order valence-corrected chi connectivity index (χ0v) is 9.42. The van der Waals surface area contributed by atoms with Crippen molar-refractivity contribution in [2.45, 2.75) is 0 Å². The average molecular weight is 260 g/mol. The topological polar surface area (TPSA) is 47.6 Å². The van der Waals surface area contributed by atoms with Crippen molar-refractivity contribution in [3.63, 3.8) is 0 Å². The van der Waals surface area contributed by atoms with Crippen LogP contribution >= 0.6 is 15.9 Å². The van der Waals surface area contributed by atoms with Crippen LogP contribution in [-0.2, 0) is 4.84 Å². The Morgan fingerprint density at radius 3 is 2.64 bits per heavy atom. The molecule has 0 spiro atoms. The van der Waals surface area contributed by atoms with Crippen LogP contribution in [0.2, 0.25) is 0 Å². The van der Waals surface area contributed by atoms with E-state index < -0.39 is 0 Å². The first-order valence-corrected chi connectivity index (χ1v) is 4.65. The van der Waals surface area contributed by atoms with E-state index in [0.717, 1.165) is 4.47 Å². The van der Waals surface area contributed by atoms with Crippen molar-refractivity contribution < 1.29 is 14.4 Å². The number of hydroxylamine groups is 1. The summed E-state index contributed by atoms with van der Waals surface area (Å²) in [4.78, 5) is 15.8. The number of nitrogens with one attached hydrogen (secondary N) is 1. The molecule has 76 valence electrons. The van der Waals surface area contributed by atoms with Crippen LogP contribution in [0.4, 0.5) is 0 Å². The number of benzene rings is 1. The molecule has 1 amide bonds. The van der Waals surface area contributed by atoms with Gasteiger partial charge < -0.3 is 4.74 Å². The smallest absolute Gasteiger partial charge is 0.274 e. The summed E-state index contributed by atoms with van der Waals surface area (Å²) in [5.74, 6) is 0.384. The van der Waals surface area contributed by atoms with Gasteiger partial charge in [0.05, 0.1) is 18.7 Å². The minimum absolute atomic E-state index is 0.296. The Labute approximate surface area is 90.3 Å². The fourth-order valence-corrected chi connectivity index (χ4v) is 1.50. The van der Waals surface area contributed by atoms with Gasteiger partial charge in [0.1, 0.15) is 5.75 Å². The van der Waals surface area contributed by atoms with Gasteiger partial charge >= 0.3 is 0 Å². The lowest BCUT2D eigenvalue weighted by Crippen LogP contribution is -2.21. The molecule has 0 heterocycles. The minimum Gasteiger partial charge on any atom is -0.496 e. The SMILES string of the molecule is CONC(=O)c1ccc(OC)c(Br)c1. The second kappa shape index (κ2) is 4.97. The molecule has 1 N–H and O–H groups in total. The van der Waals surface area contributed by atoms with Crippen molar-refractivity contribution in [3.05, 3.63) is 28.2 Å². The quantitative estimate of drug-likeness (QED) is 0.842. The lowest BCUT2D eigenvalue weighted by Gasteiger charge is -2.05. The van der Waals surface area contributed by atoms with Gasteiger partial charge in [-0.2, -0.15) is 0 Å². The number of halogens is 1. The van der Waals surface area contributed by atoms with E-state index in [4.69, 9.17) is 4.74 Å². The molecule has 0 aliphatic rings. The standard InChI is InChI=1S/C9H10BrNO3/c1-13-8-4-3-6(5-7(8)10)9(12)11-14-2/h3-5H,1-2H3,(H,11,12). The molecule has 0 aliphatic carbocycles. The number of methoxy groups -OCH3 is 1. The van der Waals surface area contributed by atoms with Gasteiger partial charge in [0, 0.05) is 5.56 Å². The average Bonchev–Trinajstić information content (AvgIpc) is 2.18. The van der Waals surface area contributed by atoms with Crippen LogP contribution in [0.15, 0.2) is 22.7 Å². The summed E-state index contributed by atoms with van der Waals surface area (Å²) in [6.07, 6.45) is 0. The van der Waals surface area contributed by atoms with Crippen molar-refractivity contribution in [2.24, 2.45) is 0 Å². The molecule has 0 saturated carbocycles. The molecule has 0 radical (unpaired) electrons. The van der Waals surface area contributed by atoms with E-state index in [1.165, 1.54) is 7.11 Å². The molecule has 1 rings (SSSR count). The molecule has 14 heavy (non-hydrogen) atoms. The van der Waals surface area contributed by atoms with Gasteiger partial charge in [0.15, 0.2) is 0 Å². The summed E-state index contributed by atoms with van der Waals surface area (Å²) in [6.45, 7) is 0. The van der Waals surface area contributed by atoms with Crippen LogP contribution in [0.5, 0.6) is 5.75 Å². The first-order chi connectivity index (χ1) is 6.69. The highest BCUT2D eigenvalue weighted by molar-refractivity contribution is 9.10. The van der Waals surface area contributed by atoms with Gasteiger partial charge in [-0.1, -0.05) is 0 Å². The van der Waals surface area contributed by atoms with Crippen molar-refractivity contribution in [2.75, 3.05) is 14.2 Å². The summed E-state index contributed by atoms with van der Waals surface area (Å²) in [5.41, 5.74) is 2.73. The number of carbonyl (C=O) groups is 1. The van der Waals surface area contributed by atoms with Gasteiger partial charge in [-0.25, -0.2) is 5.48 Å². The number of hydrogen-bond acceptors (Lipinski definition) is 3. The number of hydrogen-bond donors (Lipinski definition) is 1. The number of amides is 1. The largest absolute Gasteiger partial charge is 0.496 e. The molecule has 0 bridgehead atoms. The predicted octanol–water partition coefficient (Wildman–Crippen LogP) is 1.75. The normalized spacial score (nSPS) is 9.64. The molecular weight excluding hydrogens is 250 g/mol. The Hall–Kier alpha value is -1.07. The first kappa shape index (κ1) is 11.0. The summed E-state index contributed by atoms with van der Waals surface area (Å²) in [6, 6.07) is 5.01. The van der Waals surface area contributed by atoms with E-state index in [1.54, 1.807) is 25.3 Å². The summed E-state index contributed by atoms with van der Waals surface area (Å²) in [5, 5.41) is 0. The maximum absolute atomic E-state index is 11.3. The highest BCUT2D eigenvalue weighted by atomic mass is 79.9. The van der Waals surface area contributed by atoms with E-state index >= 15 is 0 Å². The van der Waals surface area contributed by atoms with Crippen LogP contribution in [0.25, 0.3) is 0 Å². The Morgan fingerprint density at radius 2 is 2.14 bits per heavy atom. The predicted molar refractivity (Wildman–Crippen MR) is 55.2 cm³/mol. The van der Waals surface area contributed by atoms with Crippen LogP contribution in [0.3, 0.4) is 0 Å². The fourth-order valence-electron chi connectivity index (χ4n) is 0.959. The first-order valence-electron chi connectivity index (χ1n) is 3.86.